The average molecular weight is 154 g/mol. The summed E-state index contributed by atoms with van der Waals surface area (Å²) in [5.41, 5.74) is 2.52. The quantitative estimate of drug-likeness (QED) is 0.458. The first-order valence-corrected chi connectivity index (χ1v) is 3.94. The first kappa shape index (κ1) is 7.61. The van der Waals surface area contributed by atoms with Crippen molar-refractivity contribution in [1.82, 2.24) is 0 Å². The molecular weight excluding hydrogens is 142 g/mol. The van der Waals surface area contributed by atoms with E-state index in [1.165, 1.54) is 11.4 Å². The molecule has 10 heavy (non-hydrogen) atoms. The zero-order chi connectivity index (χ0) is 7.56. The standard InChI is InChI=1S/C8H11NS/c1-7-4-3-5-8(6-10)9(7)2/h3-5H,6H2,1-2H3/p+1. The van der Waals surface area contributed by atoms with Crippen LogP contribution < -0.4 is 4.57 Å². The van der Waals surface area contributed by atoms with Gasteiger partial charge >= 0.3 is 0 Å². The predicted octanol–water partition coefficient (Wildman–Crippen LogP) is 1.25. The molecule has 0 saturated heterocycles. The Morgan fingerprint density at radius 1 is 1.50 bits per heavy atom. The third kappa shape index (κ3) is 1.32. The molecular formula is C8H12NS+. The molecule has 0 fully saturated rings. The van der Waals surface area contributed by atoms with Crippen LogP contribution in [0.4, 0.5) is 0 Å². The third-order valence-electron chi connectivity index (χ3n) is 1.75. The van der Waals surface area contributed by atoms with E-state index in [0.29, 0.717) is 0 Å². The van der Waals surface area contributed by atoms with Crippen LogP contribution in [0.3, 0.4) is 0 Å². The molecule has 0 aromatic carbocycles. The molecule has 0 saturated carbocycles. The summed E-state index contributed by atoms with van der Waals surface area (Å²) in [5, 5.41) is 0. The number of hydrogen-bond acceptors (Lipinski definition) is 1. The molecule has 2 heteroatoms. The molecule has 0 amide bonds. The molecule has 0 aliphatic carbocycles. The van der Waals surface area contributed by atoms with Crippen LogP contribution in [0.15, 0.2) is 18.2 Å². The van der Waals surface area contributed by atoms with Gasteiger partial charge in [0.2, 0.25) is 0 Å². The molecule has 54 valence electrons. The van der Waals surface area contributed by atoms with Crippen molar-refractivity contribution in [3.05, 3.63) is 29.6 Å². The molecule has 0 aliphatic rings. The maximum absolute atomic E-state index is 4.21. The van der Waals surface area contributed by atoms with Gasteiger partial charge in [0.15, 0.2) is 11.4 Å². The van der Waals surface area contributed by atoms with E-state index in [1.54, 1.807) is 0 Å². The van der Waals surface area contributed by atoms with E-state index in [2.05, 4.69) is 49.4 Å². The summed E-state index contributed by atoms with van der Waals surface area (Å²) in [6.45, 7) is 2.09. The summed E-state index contributed by atoms with van der Waals surface area (Å²) in [6, 6.07) is 6.23. The summed E-state index contributed by atoms with van der Waals surface area (Å²) in [7, 11) is 2.06. The number of aryl methyl sites for hydroxylation is 1. The molecule has 1 aromatic heterocycles. The summed E-state index contributed by atoms with van der Waals surface area (Å²) < 4.78 is 2.15. The maximum Gasteiger partial charge on any atom is 0.190 e. The second-order valence-corrected chi connectivity index (χ2v) is 2.69. The Hall–Kier alpha value is -0.500. The Bertz CT molecular complexity index is 233. The van der Waals surface area contributed by atoms with E-state index in [-0.39, 0.29) is 0 Å². The van der Waals surface area contributed by atoms with Crippen molar-refractivity contribution in [3.63, 3.8) is 0 Å². The van der Waals surface area contributed by atoms with E-state index in [4.69, 9.17) is 0 Å². The molecule has 1 nitrogen and oxygen atoms in total. The summed E-state index contributed by atoms with van der Waals surface area (Å²) in [4.78, 5) is 0. The van der Waals surface area contributed by atoms with Crippen molar-refractivity contribution in [2.75, 3.05) is 0 Å². The molecule has 1 aromatic rings. The second kappa shape index (κ2) is 3.06. The van der Waals surface area contributed by atoms with Crippen molar-refractivity contribution in [1.29, 1.82) is 0 Å². The third-order valence-corrected chi connectivity index (χ3v) is 2.07. The van der Waals surface area contributed by atoms with Gasteiger partial charge in [-0.3, -0.25) is 0 Å². The van der Waals surface area contributed by atoms with Crippen molar-refractivity contribution in [2.45, 2.75) is 12.7 Å². The number of rotatable bonds is 1. The Labute approximate surface area is 67.1 Å². The minimum absolute atomic E-state index is 0.804. The Kier molecular flexibility index (Phi) is 2.33. The molecule has 1 heterocycles. The van der Waals surface area contributed by atoms with Crippen molar-refractivity contribution < 1.29 is 4.57 Å². The van der Waals surface area contributed by atoms with Crippen LogP contribution in [-0.2, 0) is 12.8 Å². The van der Waals surface area contributed by atoms with Crippen LogP contribution in [0.2, 0.25) is 0 Å². The smallest absolute Gasteiger partial charge is 0.190 e. The number of thiol groups is 1. The largest absolute Gasteiger partial charge is 0.202 e. The first-order valence-electron chi connectivity index (χ1n) is 3.31. The normalized spacial score (nSPS) is 9.90. The van der Waals surface area contributed by atoms with Gasteiger partial charge in [-0.25, -0.2) is 4.57 Å². The summed E-state index contributed by atoms with van der Waals surface area (Å²) in [5.74, 6) is 0.804. The lowest BCUT2D eigenvalue weighted by Gasteiger charge is -1.96. The fourth-order valence-electron chi connectivity index (χ4n) is 0.907. The minimum atomic E-state index is 0.804. The topological polar surface area (TPSA) is 3.88 Å². The highest BCUT2D eigenvalue weighted by Gasteiger charge is 2.04. The van der Waals surface area contributed by atoms with E-state index < -0.39 is 0 Å². The zero-order valence-corrected chi connectivity index (χ0v) is 7.23. The lowest BCUT2D eigenvalue weighted by Crippen LogP contribution is -2.36. The molecule has 0 bridgehead atoms. The number of aromatic nitrogens is 1. The van der Waals surface area contributed by atoms with E-state index in [0.717, 1.165) is 5.75 Å². The lowest BCUT2D eigenvalue weighted by atomic mass is 10.3. The van der Waals surface area contributed by atoms with Crippen molar-refractivity contribution >= 4 is 12.6 Å². The van der Waals surface area contributed by atoms with Gasteiger partial charge in [0.05, 0.1) is 5.75 Å². The van der Waals surface area contributed by atoms with Crippen LogP contribution in [0.25, 0.3) is 0 Å². The van der Waals surface area contributed by atoms with Gasteiger partial charge in [-0.1, -0.05) is 0 Å². The van der Waals surface area contributed by atoms with Crippen LogP contribution >= 0.6 is 12.6 Å². The van der Waals surface area contributed by atoms with Gasteiger partial charge in [0, 0.05) is 19.1 Å². The van der Waals surface area contributed by atoms with Gasteiger partial charge in [-0.05, 0) is 6.07 Å². The summed E-state index contributed by atoms with van der Waals surface area (Å²) in [6.07, 6.45) is 0. The number of pyridine rings is 1. The predicted molar refractivity (Wildman–Crippen MR) is 45.0 cm³/mol. The first-order chi connectivity index (χ1) is 4.75. The highest BCUT2D eigenvalue weighted by atomic mass is 32.1. The van der Waals surface area contributed by atoms with Gasteiger partial charge < -0.3 is 0 Å². The molecule has 0 aliphatic heterocycles. The fourth-order valence-corrected chi connectivity index (χ4v) is 1.22. The van der Waals surface area contributed by atoms with Gasteiger partial charge in [-0.15, -0.1) is 0 Å². The van der Waals surface area contributed by atoms with Gasteiger partial charge in [-0.2, -0.15) is 12.6 Å². The molecule has 0 radical (unpaired) electrons. The Balaban J connectivity index is 3.14. The van der Waals surface area contributed by atoms with Crippen molar-refractivity contribution in [2.24, 2.45) is 7.05 Å². The monoisotopic (exact) mass is 154 g/mol. The Morgan fingerprint density at radius 2 is 2.20 bits per heavy atom. The van der Waals surface area contributed by atoms with E-state index in [9.17, 15) is 0 Å². The lowest BCUT2D eigenvalue weighted by molar-refractivity contribution is -0.684. The average Bonchev–Trinajstić information content (AvgIpc) is 1.95. The summed E-state index contributed by atoms with van der Waals surface area (Å²) >= 11 is 4.21. The number of nitrogens with zero attached hydrogens (tertiary/aromatic N) is 1. The van der Waals surface area contributed by atoms with Crippen LogP contribution in [0.1, 0.15) is 11.4 Å². The van der Waals surface area contributed by atoms with E-state index in [1.807, 2.05) is 0 Å². The highest BCUT2D eigenvalue weighted by Crippen LogP contribution is 1.97. The minimum Gasteiger partial charge on any atom is -0.202 e. The molecule has 0 atom stereocenters. The molecule has 0 spiro atoms. The SMILES string of the molecule is Cc1cccc(CS)[n+]1C. The Morgan fingerprint density at radius 3 is 2.70 bits per heavy atom. The van der Waals surface area contributed by atoms with Gasteiger partial charge in [0.1, 0.15) is 7.05 Å². The van der Waals surface area contributed by atoms with Gasteiger partial charge in [0.25, 0.3) is 0 Å². The van der Waals surface area contributed by atoms with Crippen LogP contribution in [0.5, 0.6) is 0 Å². The van der Waals surface area contributed by atoms with E-state index >= 15 is 0 Å². The zero-order valence-electron chi connectivity index (χ0n) is 6.33. The molecule has 0 N–H and O–H groups in total. The van der Waals surface area contributed by atoms with Crippen LogP contribution in [-0.4, -0.2) is 0 Å². The molecule has 0 unspecified atom stereocenters. The maximum atomic E-state index is 4.21. The highest BCUT2D eigenvalue weighted by molar-refractivity contribution is 7.79. The fraction of sp³-hybridized carbons (Fsp3) is 0.375. The molecule has 1 rings (SSSR count). The van der Waals surface area contributed by atoms with Crippen LogP contribution in [0, 0.1) is 6.92 Å². The number of hydrogen-bond donors (Lipinski definition) is 1. The second-order valence-electron chi connectivity index (χ2n) is 2.38. The van der Waals surface area contributed by atoms with Crippen molar-refractivity contribution in [3.8, 4) is 0 Å².